The first kappa shape index (κ1) is 24.5. The SMILES string of the molecule is CC(=N)c1cc(-c2cnccc2C)ccc1-n1c2ccc(C(F)(F)F)cc2c2cc(C(F)(F)F)ccc21. The molecular weight excluding hydrogens is 492 g/mol. The van der Waals surface area contributed by atoms with Gasteiger partial charge in [0, 0.05) is 40.0 Å². The number of nitrogens with one attached hydrogen (secondary N) is 1. The van der Waals surface area contributed by atoms with Crippen molar-refractivity contribution < 1.29 is 26.3 Å². The molecule has 5 aromatic rings. The van der Waals surface area contributed by atoms with E-state index in [1.165, 1.54) is 12.1 Å². The zero-order chi connectivity index (χ0) is 26.7. The van der Waals surface area contributed by atoms with Crippen LogP contribution in [0.25, 0.3) is 38.6 Å². The van der Waals surface area contributed by atoms with Crippen LogP contribution in [0.5, 0.6) is 0 Å². The number of aryl methyl sites for hydroxylation is 1. The Hall–Kier alpha value is -4.14. The molecule has 0 atom stereocenters. The summed E-state index contributed by atoms with van der Waals surface area (Å²) in [5.74, 6) is 0. The average Bonchev–Trinajstić information content (AvgIpc) is 3.16. The van der Waals surface area contributed by atoms with Crippen LogP contribution in [0.3, 0.4) is 0 Å². The molecule has 0 aliphatic carbocycles. The molecule has 0 amide bonds. The van der Waals surface area contributed by atoms with Gasteiger partial charge in [-0.3, -0.25) is 4.98 Å². The summed E-state index contributed by atoms with van der Waals surface area (Å²) in [6, 6.07) is 13.2. The summed E-state index contributed by atoms with van der Waals surface area (Å²) in [7, 11) is 0. The molecular formula is C28H19F6N3. The number of aromatic nitrogens is 2. The Morgan fingerprint density at radius 3 is 1.84 bits per heavy atom. The van der Waals surface area contributed by atoms with Gasteiger partial charge in [0.1, 0.15) is 0 Å². The summed E-state index contributed by atoms with van der Waals surface area (Å²) in [5.41, 5.74) is 2.44. The molecule has 1 N–H and O–H groups in total. The maximum Gasteiger partial charge on any atom is 0.416 e. The molecule has 0 aliphatic rings. The van der Waals surface area contributed by atoms with Crippen LogP contribution in [0.2, 0.25) is 0 Å². The van der Waals surface area contributed by atoms with Gasteiger partial charge in [-0.25, -0.2) is 0 Å². The van der Waals surface area contributed by atoms with Crippen molar-refractivity contribution in [1.29, 1.82) is 5.41 Å². The van der Waals surface area contributed by atoms with Crippen LogP contribution in [0.1, 0.15) is 29.2 Å². The van der Waals surface area contributed by atoms with E-state index in [1.54, 1.807) is 42.1 Å². The number of hydrogen-bond donors (Lipinski definition) is 1. The Morgan fingerprint density at radius 1 is 0.784 bits per heavy atom. The minimum atomic E-state index is -4.66. The largest absolute Gasteiger partial charge is 0.416 e. The zero-order valence-electron chi connectivity index (χ0n) is 19.6. The number of hydrogen-bond acceptors (Lipinski definition) is 2. The van der Waals surface area contributed by atoms with E-state index in [0.717, 1.165) is 41.0 Å². The second-order valence-electron chi connectivity index (χ2n) is 8.84. The maximum absolute atomic E-state index is 13.5. The molecule has 0 saturated heterocycles. The van der Waals surface area contributed by atoms with Crippen LogP contribution in [0, 0.1) is 12.3 Å². The van der Waals surface area contributed by atoms with Crippen molar-refractivity contribution in [3.8, 4) is 16.8 Å². The van der Waals surface area contributed by atoms with E-state index in [-0.39, 0.29) is 16.5 Å². The van der Waals surface area contributed by atoms with Gasteiger partial charge in [0.05, 0.1) is 27.8 Å². The first-order chi connectivity index (χ1) is 17.4. The van der Waals surface area contributed by atoms with Crippen LogP contribution in [0.4, 0.5) is 26.3 Å². The summed E-state index contributed by atoms with van der Waals surface area (Å²) in [4.78, 5) is 4.16. The smallest absolute Gasteiger partial charge is 0.309 e. The molecule has 2 heterocycles. The van der Waals surface area contributed by atoms with Gasteiger partial charge in [-0.15, -0.1) is 0 Å². The van der Waals surface area contributed by atoms with E-state index in [1.807, 2.05) is 13.0 Å². The van der Waals surface area contributed by atoms with Gasteiger partial charge >= 0.3 is 12.4 Å². The fourth-order valence-corrected chi connectivity index (χ4v) is 4.60. The molecule has 0 aliphatic heterocycles. The number of halogens is 6. The number of nitrogens with zero attached hydrogens (tertiary/aromatic N) is 2. The second-order valence-corrected chi connectivity index (χ2v) is 8.84. The predicted molar refractivity (Wildman–Crippen MR) is 131 cm³/mol. The van der Waals surface area contributed by atoms with E-state index in [2.05, 4.69) is 4.98 Å². The van der Waals surface area contributed by atoms with Crippen LogP contribution in [0.15, 0.2) is 73.1 Å². The van der Waals surface area contributed by atoms with Gasteiger partial charge in [0.15, 0.2) is 0 Å². The lowest BCUT2D eigenvalue weighted by Crippen LogP contribution is -2.06. The van der Waals surface area contributed by atoms with E-state index in [4.69, 9.17) is 5.41 Å². The molecule has 3 nitrogen and oxygen atoms in total. The standard InChI is InChI=1S/C28H19F6N3/c1-15-9-10-36-14-23(15)17-3-6-24(20(11-17)16(2)35)37-25-7-4-18(27(29,30)31)12-21(25)22-13-19(28(32,33)34)5-8-26(22)37/h3-14,35H,1-2H3. The highest BCUT2D eigenvalue weighted by molar-refractivity contribution is 6.11. The molecule has 0 spiro atoms. The number of alkyl halides is 6. The fourth-order valence-electron chi connectivity index (χ4n) is 4.60. The van der Waals surface area contributed by atoms with Crippen molar-refractivity contribution in [2.75, 3.05) is 0 Å². The van der Waals surface area contributed by atoms with E-state index >= 15 is 0 Å². The first-order valence-electron chi connectivity index (χ1n) is 11.2. The zero-order valence-corrected chi connectivity index (χ0v) is 19.6. The van der Waals surface area contributed by atoms with E-state index in [0.29, 0.717) is 22.3 Å². The van der Waals surface area contributed by atoms with Crippen LogP contribution >= 0.6 is 0 Å². The lowest BCUT2D eigenvalue weighted by Gasteiger charge is -2.16. The van der Waals surface area contributed by atoms with Gasteiger partial charge in [0.2, 0.25) is 0 Å². The number of pyridine rings is 1. The molecule has 2 aromatic heterocycles. The molecule has 0 radical (unpaired) electrons. The lowest BCUT2D eigenvalue weighted by atomic mass is 9.98. The Bertz CT molecular complexity index is 1620. The Morgan fingerprint density at radius 2 is 1.35 bits per heavy atom. The lowest BCUT2D eigenvalue weighted by molar-refractivity contribution is -0.138. The van der Waals surface area contributed by atoms with Crippen LogP contribution < -0.4 is 0 Å². The third kappa shape index (κ3) is 4.24. The van der Waals surface area contributed by atoms with Crippen molar-refractivity contribution in [2.45, 2.75) is 26.2 Å². The first-order valence-corrected chi connectivity index (χ1v) is 11.2. The number of benzene rings is 3. The topological polar surface area (TPSA) is 41.7 Å². The molecule has 37 heavy (non-hydrogen) atoms. The van der Waals surface area contributed by atoms with Gasteiger partial charge in [0.25, 0.3) is 0 Å². The highest BCUT2D eigenvalue weighted by Crippen LogP contribution is 2.40. The summed E-state index contributed by atoms with van der Waals surface area (Å²) in [5, 5.41) is 8.49. The highest BCUT2D eigenvalue weighted by Gasteiger charge is 2.33. The summed E-state index contributed by atoms with van der Waals surface area (Å²) >= 11 is 0. The number of rotatable bonds is 3. The molecule has 188 valence electrons. The van der Waals surface area contributed by atoms with Crippen LogP contribution in [-0.2, 0) is 12.4 Å². The Balaban J connectivity index is 1.85. The van der Waals surface area contributed by atoms with Crippen molar-refractivity contribution in [1.82, 2.24) is 9.55 Å². The molecule has 0 unspecified atom stereocenters. The highest BCUT2D eigenvalue weighted by atomic mass is 19.4. The minimum absolute atomic E-state index is 0.0386. The monoisotopic (exact) mass is 511 g/mol. The molecule has 0 saturated carbocycles. The molecule has 0 fully saturated rings. The van der Waals surface area contributed by atoms with Crippen molar-refractivity contribution >= 4 is 27.5 Å². The third-order valence-corrected chi connectivity index (χ3v) is 6.41. The summed E-state index contributed by atoms with van der Waals surface area (Å²) in [6.07, 6.45) is -5.96. The van der Waals surface area contributed by atoms with Crippen LogP contribution in [-0.4, -0.2) is 15.3 Å². The van der Waals surface area contributed by atoms with Gasteiger partial charge < -0.3 is 9.98 Å². The van der Waals surface area contributed by atoms with Crippen molar-refractivity contribution in [2.24, 2.45) is 0 Å². The predicted octanol–water partition coefficient (Wildman–Crippen LogP) is 8.58. The molecule has 9 heteroatoms. The average molecular weight is 511 g/mol. The summed E-state index contributed by atoms with van der Waals surface area (Å²) in [6.45, 7) is 3.50. The van der Waals surface area contributed by atoms with Gasteiger partial charge in [-0.2, -0.15) is 26.3 Å². The van der Waals surface area contributed by atoms with Crippen molar-refractivity contribution in [3.05, 3.63) is 95.3 Å². The Kier molecular flexibility index (Phi) is 5.62. The molecule has 5 rings (SSSR count). The second kappa shape index (κ2) is 8.47. The normalized spacial score (nSPS) is 12.4. The Labute approximate surface area is 207 Å². The number of fused-ring (bicyclic) bond motifs is 3. The van der Waals surface area contributed by atoms with Gasteiger partial charge in [-0.1, -0.05) is 6.07 Å². The quantitative estimate of drug-likeness (QED) is 0.191. The van der Waals surface area contributed by atoms with E-state index in [9.17, 15) is 26.3 Å². The third-order valence-electron chi connectivity index (χ3n) is 6.41. The van der Waals surface area contributed by atoms with Gasteiger partial charge in [-0.05, 0) is 79.6 Å². The molecule has 3 aromatic carbocycles. The summed E-state index contributed by atoms with van der Waals surface area (Å²) < 4.78 is 82.6. The minimum Gasteiger partial charge on any atom is -0.309 e. The molecule has 0 bridgehead atoms. The van der Waals surface area contributed by atoms with Crippen molar-refractivity contribution in [3.63, 3.8) is 0 Å². The fraction of sp³-hybridized carbons (Fsp3) is 0.143. The van der Waals surface area contributed by atoms with E-state index < -0.39 is 23.5 Å². The maximum atomic E-state index is 13.5.